The zero-order valence-corrected chi connectivity index (χ0v) is 21.2. The molecule has 0 aromatic heterocycles. The van der Waals surface area contributed by atoms with E-state index in [2.05, 4.69) is 9.82 Å². The molecule has 0 saturated heterocycles. The number of methoxy groups -OCH3 is 2. The van der Waals surface area contributed by atoms with Gasteiger partial charge in [-0.2, -0.15) is 5.10 Å². The second-order valence-electron chi connectivity index (χ2n) is 8.31. The van der Waals surface area contributed by atoms with Crippen LogP contribution in [0.2, 0.25) is 0 Å². The van der Waals surface area contributed by atoms with E-state index in [9.17, 15) is 12.8 Å². The lowest BCUT2D eigenvalue weighted by molar-refractivity contribution is 0.414. The van der Waals surface area contributed by atoms with E-state index in [4.69, 9.17) is 14.9 Å². The predicted octanol–water partition coefficient (Wildman–Crippen LogP) is 4.21. The fourth-order valence-electron chi connectivity index (χ4n) is 3.89. The molecule has 0 spiro atoms. The molecule has 1 unspecified atom stereocenters. The molecule has 3 aromatic carbocycles. The van der Waals surface area contributed by atoms with E-state index in [-0.39, 0.29) is 30.0 Å². The number of hydrazone groups is 1. The first-order chi connectivity index (χ1) is 17.8. The summed E-state index contributed by atoms with van der Waals surface area (Å²) >= 11 is 0. The third-order valence-corrected chi connectivity index (χ3v) is 6.96. The predicted molar refractivity (Wildman–Crippen MR) is 142 cm³/mol. The Morgan fingerprint density at radius 3 is 2.22 bits per heavy atom. The van der Waals surface area contributed by atoms with Crippen LogP contribution in [0.3, 0.4) is 0 Å². The molecule has 3 aromatic rings. The highest BCUT2D eigenvalue weighted by Gasteiger charge is 2.32. The summed E-state index contributed by atoms with van der Waals surface area (Å²) in [6.45, 7) is 0.278. The largest absolute Gasteiger partial charge is 0.497 e. The maximum atomic E-state index is 13.0. The van der Waals surface area contributed by atoms with Crippen molar-refractivity contribution in [2.75, 3.05) is 26.5 Å². The first kappa shape index (κ1) is 25.9. The fraction of sp³-hybridized carbons (Fsp3) is 0.185. The van der Waals surface area contributed by atoms with E-state index >= 15 is 0 Å². The van der Waals surface area contributed by atoms with Gasteiger partial charge in [0.25, 0.3) is 0 Å². The van der Waals surface area contributed by atoms with Gasteiger partial charge in [-0.3, -0.25) is 10.1 Å². The third-order valence-electron chi connectivity index (χ3n) is 5.82. The normalized spacial score (nSPS) is 15.5. The highest BCUT2D eigenvalue weighted by atomic mass is 32.2. The molecule has 2 N–H and O–H groups in total. The number of hydrogen-bond acceptors (Lipinski definition) is 6. The number of hydrogen-bond donors (Lipinski definition) is 2. The number of nitrogens with one attached hydrogen (secondary N) is 2. The number of nitrogens with zero attached hydrogens (tertiary/aromatic N) is 2. The van der Waals surface area contributed by atoms with E-state index in [0.717, 1.165) is 16.9 Å². The summed E-state index contributed by atoms with van der Waals surface area (Å²) in [5.41, 5.74) is 3.16. The van der Waals surface area contributed by atoms with Crippen molar-refractivity contribution in [3.63, 3.8) is 0 Å². The van der Waals surface area contributed by atoms with Gasteiger partial charge >= 0.3 is 0 Å². The molecule has 0 saturated carbocycles. The summed E-state index contributed by atoms with van der Waals surface area (Å²) in [4.78, 5) is 0. The second kappa shape index (κ2) is 11.3. The van der Waals surface area contributed by atoms with Crippen molar-refractivity contribution in [1.82, 2.24) is 9.73 Å². The maximum Gasteiger partial charge on any atom is 0.238 e. The highest BCUT2D eigenvalue weighted by Crippen LogP contribution is 2.30. The molecule has 4 rings (SSSR count). The van der Waals surface area contributed by atoms with Crippen molar-refractivity contribution < 1.29 is 22.3 Å². The topological polar surface area (TPSA) is 104 Å². The fourth-order valence-corrected chi connectivity index (χ4v) is 4.72. The third kappa shape index (κ3) is 6.53. The number of ether oxygens (including phenoxy) is 2. The average molecular weight is 523 g/mol. The Hall–Kier alpha value is -4.18. The van der Waals surface area contributed by atoms with Gasteiger partial charge in [0.15, 0.2) is 0 Å². The molecule has 0 bridgehead atoms. The van der Waals surface area contributed by atoms with E-state index in [1.807, 2.05) is 48.5 Å². The van der Waals surface area contributed by atoms with Crippen molar-refractivity contribution >= 4 is 27.8 Å². The van der Waals surface area contributed by atoms with Crippen LogP contribution in [0.1, 0.15) is 22.6 Å². The molecule has 0 aliphatic carbocycles. The van der Waals surface area contributed by atoms with Crippen LogP contribution in [-0.4, -0.2) is 51.6 Å². The molecule has 0 radical (unpaired) electrons. The van der Waals surface area contributed by atoms with Crippen LogP contribution < -0.4 is 14.2 Å². The van der Waals surface area contributed by atoms with Gasteiger partial charge in [0.05, 0.1) is 32.2 Å². The molecular weight excluding hydrogens is 495 g/mol. The summed E-state index contributed by atoms with van der Waals surface area (Å²) in [6, 6.07) is 20.7. The van der Waals surface area contributed by atoms with Crippen LogP contribution in [0.25, 0.3) is 6.08 Å². The highest BCUT2D eigenvalue weighted by molar-refractivity contribution is 7.90. The molecule has 192 valence electrons. The first-order valence-electron chi connectivity index (χ1n) is 11.4. The van der Waals surface area contributed by atoms with E-state index in [0.29, 0.717) is 17.0 Å². The monoisotopic (exact) mass is 522 g/mol. The summed E-state index contributed by atoms with van der Waals surface area (Å²) in [5.74, 6) is 0.148. The van der Waals surface area contributed by atoms with Crippen molar-refractivity contribution in [3.8, 4) is 11.5 Å². The number of halogens is 1. The molecule has 1 aliphatic heterocycles. The van der Waals surface area contributed by atoms with Crippen LogP contribution in [0.15, 0.2) is 84.0 Å². The number of sulfonamides is 1. The Balaban J connectivity index is 1.51. The Morgan fingerprint density at radius 2 is 1.62 bits per heavy atom. The number of benzene rings is 3. The Morgan fingerprint density at radius 1 is 1.03 bits per heavy atom. The molecular formula is C27H27FN4O4S. The van der Waals surface area contributed by atoms with E-state index < -0.39 is 10.0 Å². The average Bonchev–Trinajstić information content (AvgIpc) is 3.35. The molecule has 37 heavy (non-hydrogen) atoms. The van der Waals surface area contributed by atoms with Gasteiger partial charge in [-0.25, -0.2) is 17.8 Å². The lowest BCUT2D eigenvalue weighted by Gasteiger charge is -2.18. The van der Waals surface area contributed by atoms with Crippen molar-refractivity contribution in [2.24, 2.45) is 5.10 Å². The van der Waals surface area contributed by atoms with E-state index in [1.165, 1.54) is 23.2 Å². The van der Waals surface area contributed by atoms with Crippen LogP contribution in [0.5, 0.6) is 11.5 Å². The molecule has 0 fully saturated rings. The minimum absolute atomic E-state index is 0.206. The lowest BCUT2D eigenvalue weighted by Crippen LogP contribution is -2.41. The SMILES string of the molecule is COc1ccc(C2=NN(C(=N)NS(=O)(=O)CC=Cc3ccc(F)cc3)CC2c2ccc(OC)cc2)cc1. The zero-order valence-electron chi connectivity index (χ0n) is 20.4. The van der Waals surface area contributed by atoms with Crippen molar-refractivity contribution in [3.05, 3.63) is 101 Å². The maximum absolute atomic E-state index is 13.0. The summed E-state index contributed by atoms with van der Waals surface area (Å²) in [6.07, 6.45) is 3.02. The summed E-state index contributed by atoms with van der Waals surface area (Å²) < 4.78 is 51.1. The van der Waals surface area contributed by atoms with Crippen LogP contribution in [0.4, 0.5) is 4.39 Å². The Kier molecular flexibility index (Phi) is 7.88. The van der Waals surface area contributed by atoms with Crippen molar-refractivity contribution in [2.45, 2.75) is 5.92 Å². The number of rotatable bonds is 8. The van der Waals surface area contributed by atoms with Gasteiger partial charge in [0.2, 0.25) is 16.0 Å². The Bertz CT molecular complexity index is 1400. The van der Waals surface area contributed by atoms with Crippen LogP contribution in [-0.2, 0) is 10.0 Å². The van der Waals surface area contributed by atoms with Gasteiger partial charge < -0.3 is 9.47 Å². The molecule has 10 heteroatoms. The van der Waals surface area contributed by atoms with Gasteiger partial charge in [-0.1, -0.05) is 36.4 Å². The summed E-state index contributed by atoms with van der Waals surface area (Å²) in [7, 11) is -0.673. The minimum atomic E-state index is -3.86. The molecule has 1 aliphatic rings. The minimum Gasteiger partial charge on any atom is -0.497 e. The van der Waals surface area contributed by atoms with Crippen LogP contribution in [0, 0.1) is 11.2 Å². The zero-order chi connectivity index (χ0) is 26.4. The van der Waals surface area contributed by atoms with Crippen molar-refractivity contribution in [1.29, 1.82) is 5.41 Å². The molecule has 1 atom stereocenters. The quantitative estimate of drug-likeness (QED) is 0.341. The second-order valence-corrected chi connectivity index (χ2v) is 10.1. The van der Waals surface area contributed by atoms with Gasteiger partial charge in [0.1, 0.15) is 17.3 Å². The van der Waals surface area contributed by atoms with Gasteiger partial charge in [-0.15, -0.1) is 0 Å². The standard InChI is InChI=1S/C27H27FN4O4S/c1-35-23-13-7-20(8-14-23)25-18-32(30-26(25)21-9-15-24(36-2)16-10-21)27(29)31-37(33,34)17-3-4-19-5-11-22(28)12-6-19/h3-16,25H,17-18H2,1-2H3,(H2,29,31). The summed E-state index contributed by atoms with van der Waals surface area (Å²) in [5, 5.41) is 14.4. The van der Waals surface area contributed by atoms with Gasteiger partial charge in [0, 0.05) is 5.92 Å². The number of guanidine groups is 1. The Labute approximate surface area is 215 Å². The van der Waals surface area contributed by atoms with Gasteiger partial charge in [-0.05, 0) is 65.2 Å². The lowest BCUT2D eigenvalue weighted by atomic mass is 9.90. The van der Waals surface area contributed by atoms with Crippen LogP contribution >= 0.6 is 0 Å². The molecule has 1 heterocycles. The molecule has 8 nitrogen and oxygen atoms in total. The first-order valence-corrected chi connectivity index (χ1v) is 13.1. The smallest absolute Gasteiger partial charge is 0.238 e. The molecule has 0 amide bonds. The van der Waals surface area contributed by atoms with E-state index in [1.54, 1.807) is 32.4 Å².